The molecular weight excluding hydrogens is 248 g/mol. The summed E-state index contributed by atoms with van der Waals surface area (Å²) in [6.45, 7) is 0.271. The smallest absolute Gasteiger partial charge is 0.265 e. The zero-order valence-electron chi connectivity index (χ0n) is 8.17. The van der Waals surface area contributed by atoms with Crippen LogP contribution in [0.1, 0.15) is 5.69 Å². The molecule has 0 aromatic carbocycles. The molecule has 4 N–H and O–H groups in total. The first-order valence-corrected chi connectivity index (χ1v) is 6.78. The first-order chi connectivity index (χ1) is 7.62. The second-order valence-corrected chi connectivity index (χ2v) is 5.58. The minimum Gasteiger partial charge on any atom is -0.363 e. The average Bonchev–Trinajstić information content (AvgIpc) is 2.85. The summed E-state index contributed by atoms with van der Waals surface area (Å²) < 4.78 is 26.0. The van der Waals surface area contributed by atoms with Crippen LogP contribution in [0.4, 0.5) is 5.13 Å². The number of hydrogen-bond acceptors (Lipinski definition) is 5. The van der Waals surface area contributed by atoms with E-state index >= 15 is 0 Å². The molecule has 0 saturated heterocycles. The van der Waals surface area contributed by atoms with Crippen LogP contribution in [0.15, 0.2) is 28.7 Å². The van der Waals surface area contributed by atoms with Crippen LogP contribution in [0.25, 0.3) is 0 Å². The van der Waals surface area contributed by atoms with E-state index in [1.807, 2.05) is 0 Å². The zero-order chi connectivity index (χ0) is 11.6. The maximum absolute atomic E-state index is 11.8. The molecule has 0 amide bonds. The van der Waals surface area contributed by atoms with E-state index in [4.69, 9.17) is 5.73 Å². The van der Waals surface area contributed by atoms with E-state index in [1.165, 1.54) is 29.8 Å². The molecule has 86 valence electrons. The summed E-state index contributed by atoms with van der Waals surface area (Å²) >= 11 is 1.22. The predicted octanol–water partition coefficient (Wildman–Crippen LogP) is 0.731. The molecule has 0 bridgehead atoms. The summed E-state index contributed by atoms with van der Waals surface area (Å²) in [7, 11) is -3.56. The Morgan fingerprint density at radius 1 is 1.56 bits per heavy atom. The number of anilines is 1. The first-order valence-electron chi connectivity index (χ1n) is 4.41. The summed E-state index contributed by atoms with van der Waals surface area (Å²) in [4.78, 5) is 6.78. The number of nitrogens with one attached hydrogen (secondary N) is 2. The number of H-pyrrole nitrogens is 1. The summed E-state index contributed by atoms with van der Waals surface area (Å²) in [5, 5.41) is 2.04. The Kier molecular flexibility index (Phi) is 2.95. The molecule has 0 aliphatic carbocycles. The molecule has 0 spiro atoms. The molecule has 2 aromatic rings. The molecule has 0 atom stereocenters. The number of nitrogens with two attached hydrogens (primary N) is 1. The Morgan fingerprint density at radius 2 is 2.38 bits per heavy atom. The van der Waals surface area contributed by atoms with Gasteiger partial charge in [0.15, 0.2) is 5.13 Å². The van der Waals surface area contributed by atoms with E-state index in [0.717, 1.165) is 0 Å². The number of rotatable bonds is 4. The number of aromatic amines is 1. The second kappa shape index (κ2) is 4.24. The van der Waals surface area contributed by atoms with Crippen molar-refractivity contribution < 1.29 is 8.42 Å². The molecule has 0 aliphatic rings. The average molecular weight is 258 g/mol. The van der Waals surface area contributed by atoms with Crippen LogP contribution in [-0.4, -0.2) is 18.4 Å². The second-order valence-electron chi connectivity index (χ2n) is 3.01. The quantitative estimate of drug-likeness (QED) is 0.752. The highest BCUT2D eigenvalue weighted by molar-refractivity contribution is 7.93. The predicted molar refractivity (Wildman–Crippen MR) is 61.6 cm³/mol. The highest BCUT2D eigenvalue weighted by Crippen LogP contribution is 2.18. The van der Waals surface area contributed by atoms with Gasteiger partial charge < -0.3 is 10.7 Å². The molecule has 0 fully saturated rings. The SMILES string of the molecule is NCc1cc(S(=O)(=O)Nc2nccs2)c[nH]1. The van der Waals surface area contributed by atoms with E-state index in [1.54, 1.807) is 5.38 Å². The topological polar surface area (TPSA) is 101 Å². The fraction of sp³-hybridized carbons (Fsp3) is 0.125. The standard InChI is InChI=1S/C8H10N4O2S2/c9-4-6-3-7(5-11-6)16(13,14)12-8-10-1-2-15-8/h1-3,5,11H,4,9H2,(H,10,12). The minimum absolute atomic E-state index is 0.156. The molecule has 2 rings (SSSR count). The van der Waals surface area contributed by atoms with E-state index < -0.39 is 10.0 Å². The lowest BCUT2D eigenvalue weighted by Gasteiger charge is -2.01. The van der Waals surface area contributed by atoms with Crippen molar-refractivity contribution in [3.05, 3.63) is 29.5 Å². The van der Waals surface area contributed by atoms with Crippen molar-refractivity contribution in [1.29, 1.82) is 0 Å². The Balaban J connectivity index is 2.25. The summed E-state index contributed by atoms with van der Waals surface area (Å²) in [5.74, 6) is 0. The molecular formula is C8H10N4O2S2. The van der Waals surface area contributed by atoms with E-state index in [2.05, 4.69) is 14.7 Å². The molecule has 0 saturated carbocycles. The molecule has 0 radical (unpaired) electrons. The van der Waals surface area contributed by atoms with Gasteiger partial charge in [0, 0.05) is 30.0 Å². The number of hydrogen-bond donors (Lipinski definition) is 3. The van der Waals surface area contributed by atoms with Gasteiger partial charge in [-0.2, -0.15) is 0 Å². The van der Waals surface area contributed by atoms with Gasteiger partial charge in [-0.1, -0.05) is 0 Å². The van der Waals surface area contributed by atoms with Crippen LogP contribution in [0.2, 0.25) is 0 Å². The Morgan fingerprint density at radius 3 is 2.94 bits per heavy atom. The molecule has 2 heterocycles. The van der Waals surface area contributed by atoms with Gasteiger partial charge in [0.25, 0.3) is 10.0 Å². The van der Waals surface area contributed by atoms with Gasteiger partial charge in [0.1, 0.15) is 4.90 Å². The molecule has 2 aromatic heterocycles. The molecule has 8 heteroatoms. The maximum atomic E-state index is 11.8. The van der Waals surface area contributed by atoms with Crippen LogP contribution in [0.3, 0.4) is 0 Å². The van der Waals surface area contributed by atoms with Gasteiger partial charge in [-0.15, -0.1) is 11.3 Å². The lowest BCUT2D eigenvalue weighted by Crippen LogP contribution is -2.11. The zero-order valence-corrected chi connectivity index (χ0v) is 9.81. The van der Waals surface area contributed by atoms with Crippen LogP contribution in [0.5, 0.6) is 0 Å². The lowest BCUT2D eigenvalue weighted by atomic mass is 10.4. The number of nitrogens with zero attached hydrogens (tertiary/aromatic N) is 1. The molecule has 0 unspecified atom stereocenters. The fourth-order valence-electron chi connectivity index (χ4n) is 1.14. The molecule has 0 aliphatic heterocycles. The van der Waals surface area contributed by atoms with Crippen LogP contribution in [0, 0.1) is 0 Å². The minimum atomic E-state index is -3.56. The van der Waals surface area contributed by atoms with Gasteiger partial charge in [-0.05, 0) is 6.07 Å². The summed E-state index contributed by atoms with van der Waals surface area (Å²) in [5.41, 5.74) is 6.05. The van der Waals surface area contributed by atoms with E-state index in [9.17, 15) is 8.42 Å². The monoisotopic (exact) mass is 258 g/mol. The number of aromatic nitrogens is 2. The highest BCUT2D eigenvalue weighted by Gasteiger charge is 2.16. The van der Waals surface area contributed by atoms with Crippen molar-refractivity contribution in [2.24, 2.45) is 5.73 Å². The molecule has 16 heavy (non-hydrogen) atoms. The van der Waals surface area contributed by atoms with Gasteiger partial charge in [0.05, 0.1) is 0 Å². The summed E-state index contributed by atoms with van der Waals surface area (Å²) in [6, 6.07) is 1.50. The van der Waals surface area contributed by atoms with Crippen molar-refractivity contribution in [2.45, 2.75) is 11.4 Å². The van der Waals surface area contributed by atoms with Crippen molar-refractivity contribution in [3.63, 3.8) is 0 Å². The van der Waals surface area contributed by atoms with Crippen molar-refractivity contribution in [1.82, 2.24) is 9.97 Å². The third-order valence-electron chi connectivity index (χ3n) is 1.90. The van der Waals surface area contributed by atoms with Gasteiger partial charge >= 0.3 is 0 Å². The van der Waals surface area contributed by atoms with Crippen molar-refractivity contribution >= 4 is 26.5 Å². The van der Waals surface area contributed by atoms with Crippen LogP contribution >= 0.6 is 11.3 Å². The van der Waals surface area contributed by atoms with Crippen molar-refractivity contribution in [2.75, 3.05) is 4.72 Å². The van der Waals surface area contributed by atoms with E-state index in [-0.39, 0.29) is 11.4 Å². The third-order valence-corrected chi connectivity index (χ3v) is 4.04. The Hall–Kier alpha value is -1.38. The van der Waals surface area contributed by atoms with Gasteiger partial charge in [-0.3, -0.25) is 4.72 Å². The number of sulfonamides is 1. The fourth-order valence-corrected chi connectivity index (χ4v) is 2.95. The third kappa shape index (κ3) is 2.23. The largest absolute Gasteiger partial charge is 0.363 e. The maximum Gasteiger partial charge on any atom is 0.265 e. The number of thiazole rings is 1. The lowest BCUT2D eigenvalue weighted by molar-refractivity contribution is 0.601. The summed E-state index contributed by atoms with van der Waals surface area (Å²) in [6.07, 6.45) is 2.93. The van der Waals surface area contributed by atoms with E-state index in [0.29, 0.717) is 10.8 Å². The van der Waals surface area contributed by atoms with Gasteiger partial charge in [-0.25, -0.2) is 13.4 Å². The van der Waals surface area contributed by atoms with Crippen LogP contribution < -0.4 is 10.5 Å². The Bertz CT molecular complexity index is 559. The molecule has 6 nitrogen and oxygen atoms in total. The van der Waals surface area contributed by atoms with Crippen molar-refractivity contribution in [3.8, 4) is 0 Å². The first kappa shape index (κ1) is 11.1. The highest BCUT2D eigenvalue weighted by atomic mass is 32.2. The van der Waals surface area contributed by atoms with Crippen LogP contribution in [-0.2, 0) is 16.6 Å². The Labute approximate surface area is 96.6 Å². The normalized spacial score (nSPS) is 11.6. The van der Waals surface area contributed by atoms with Gasteiger partial charge in [0.2, 0.25) is 0 Å².